The standard InChI is InChI=1S/C15H25NO/c1-4-7-15(10-16,11-17)9-14-8-12(2)5-6-13(14)3/h5-6,8,17H,4,7,9-11,16H2,1-3H3. The minimum Gasteiger partial charge on any atom is -0.396 e. The van der Waals surface area contributed by atoms with E-state index in [4.69, 9.17) is 5.73 Å². The molecule has 1 aromatic carbocycles. The van der Waals surface area contributed by atoms with Gasteiger partial charge in [0.2, 0.25) is 0 Å². The van der Waals surface area contributed by atoms with Gasteiger partial charge in [0, 0.05) is 12.0 Å². The molecule has 0 heterocycles. The molecule has 1 rings (SSSR count). The summed E-state index contributed by atoms with van der Waals surface area (Å²) in [5.41, 5.74) is 9.61. The first kappa shape index (κ1) is 14.2. The van der Waals surface area contributed by atoms with Crippen molar-refractivity contribution in [2.75, 3.05) is 13.2 Å². The highest BCUT2D eigenvalue weighted by molar-refractivity contribution is 5.31. The molecule has 0 fully saturated rings. The van der Waals surface area contributed by atoms with Crippen LogP contribution in [-0.2, 0) is 6.42 Å². The van der Waals surface area contributed by atoms with Crippen molar-refractivity contribution in [1.82, 2.24) is 0 Å². The molecular formula is C15H25NO. The van der Waals surface area contributed by atoms with Crippen LogP contribution in [-0.4, -0.2) is 18.3 Å². The molecule has 0 aliphatic rings. The van der Waals surface area contributed by atoms with E-state index >= 15 is 0 Å². The van der Waals surface area contributed by atoms with Crippen LogP contribution in [0.1, 0.15) is 36.5 Å². The van der Waals surface area contributed by atoms with Crippen LogP contribution in [0.5, 0.6) is 0 Å². The molecule has 0 radical (unpaired) electrons. The van der Waals surface area contributed by atoms with E-state index in [0.717, 1.165) is 19.3 Å². The van der Waals surface area contributed by atoms with Crippen molar-refractivity contribution in [3.8, 4) is 0 Å². The lowest BCUT2D eigenvalue weighted by Crippen LogP contribution is -2.36. The number of aryl methyl sites for hydroxylation is 2. The summed E-state index contributed by atoms with van der Waals surface area (Å²) in [6.07, 6.45) is 2.91. The highest BCUT2D eigenvalue weighted by atomic mass is 16.3. The molecule has 1 atom stereocenters. The third-order valence-corrected chi connectivity index (χ3v) is 3.62. The van der Waals surface area contributed by atoms with Crippen LogP contribution in [0.3, 0.4) is 0 Å². The van der Waals surface area contributed by atoms with Crippen molar-refractivity contribution in [2.45, 2.75) is 40.0 Å². The molecule has 0 aromatic heterocycles. The summed E-state index contributed by atoms with van der Waals surface area (Å²) in [4.78, 5) is 0. The molecule has 0 spiro atoms. The average molecular weight is 235 g/mol. The second-order valence-electron chi connectivity index (χ2n) is 5.22. The largest absolute Gasteiger partial charge is 0.396 e. The lowest BCUT2D eigenvalue weighted by Gasteiger charge is -2.31. The lowest BCUT2D eigenvalue weighted by molar-refractivity contribution is 0.121. The van der Waals surface area contributed by atoms with Crippen LogP contribution in [0.25, 0.3) is 0 Å². The molecule has 2 heteroatoms. The van der Waals surface area contributed by atoms with Gasteiger partial charge >= 0.3 is 0 Å². The van der Waals surface area contributed by atoms with Crippen LogP contribution in [0, 0.1) is 19.3 Å². The minimum atomic E-state index is -0.146. The van der Waals surface area contributed by atoms with E-state index in [-0.39, 0.29) is 12.0 Å². The maximum Gasteiger partial charge on any atom is 0.0502 e. The van der Waals surface area contributed by atoms with E-state index in [1.807, 2.05) is 0 Å². The lowest BCUT2D eigenvalue weighted by atomic mass is 9.77. The number of aliphatic hydroxyl groups excluding tert-OH is 1. The number of hydrogen-bond acceptors (Lipinski definition) is 2. The van der Waals surface area contributed by atoms with Gasteiger partial charge in [0.15, 0.2) is 0 Å². The Morgan fingerprint density at radius 2 is 2.00 bits per heavy atom. The summed E-state index contributed by atoms with van der Waals surface area (Å²) in [6.45, 7) is 7.09. The number of rotatable bonds is 6. The second kappa shape index (κ2) is 6.18. The van der Waals surface area contributed by atoms with Gasteiger partial charge in [0.1, 0.15) is 0 Å². The summed E-state index contributed by atoms with van der Waals surface area (Å²) in [7, 11) is 0. The Hall–Kier alpha value is -0.860. The molecule has 0 amide bonds. The Morgan fingerprint density at radius 1 is 1.29 bits per heavy atom. The number of nitrogens with two attached hydrogens (primary N) is 1. The summed E-state index contributed by atoms with van der Waals surface area (Å²) in [5.74, 6) is 0. The molecule has 0 aliphatic carbocycles. The van der Waals surface area contributed by atoms with Gasteiger partial charge in [-0.15, -0.1) is 0 Å². The molecule has 0 bridgehead atoms. The van der Waals surface area contributed by atoms with Crippen molar-refractivity contribution in [3.05, 3.63) is 34.9 Å². The van der Waals surface area contributed by atoms with Crippen molar-refractivity contribution >= 4 is 0 Å². The van der Waals surface area contributed by atoms with Crippen LogP contribution in [0.4, 0.5) is 0 Å². The van der Waals surface area contributed by atoms with Crippen LogP contribution >= 0.6 is 0 Å². The maximum absolute atomic E-state index is 9.65. The van der Waals surface area contributed by atoms with Gasteiger partial charge in [-0.1, -0.05) is 37.1 Å². The fraction of sp³-hybridized carbons (Fsp3) is 0.600. The molecule has 3 N–H and O–H groups in total. The van der Waals surface area contributed by atoms with Gasteiger partial charge in [-0.2, -0.15) is 0 Å². The predicted molar refractivity (Wildman–Crippen MR) is 73.1 cm³/mol. The summed E-state index contributed by atoms with van der Waals surface area (Å²) < 4.78 is 0. The maximum atomic E-state index is 9.65. The molecule has 0 saturated heterocycles. The fourth-order valence-corrected chi connectivity index (χ4v) is 2.39. The first-order valence-electron chi connectivity index (χ1n) is 6.44. The molecular weight excluding hydrogens is 210 g/mol. The Balaban J connectivity index is 2.96. The van der Waals surface area contributed by atoms with E-state index in [0.29, 0.717) is 6.54 Å². The molecule has 17 heavy (non-hydrogen) atoms. The Bertz CT molecular complexity index is 356. The van der Waals surface area contributed by atoms with Crippen LogP contribution in [0.2, 0.25) is 0 Å². The van der Waals surface area contributed by atoms with E-state index < -0.39 is 0 Å². The first-order valence-corrected chi connectivity index (χ1v) is 6.44. The Kier molecular flexibility index (Phi) is 5.16. The third-order valence-electron chi connectivity index (χ3n) is 3.62. The van der Waals surface area contributed by atoms with Crippen molar-refractivity contribution in [2.24, 2.45) is 11.1 Å². The van der Waals surface area contributed by atoms with Gasteiger partial charge < -0.3 is 10.8 Å². The molecule has 1 unspecified atom stereocenters. The van der Waals surface area contributed by atoms with Crippen molar-refractivity contribution in [3.63, 3.8) is 0 Å². The topological polar surface area (TPSA) is 46.2 Å². The molecule has 0 aliphatic heterocycles. The second-order valence-corrected chi connectivity index (χ2v) is 5.22. The highest BCUT2D eigenvalue weighted by Crippen LogP contribution is 2.29. The monoisotopic (exact) mass is 235 g/mol. The first-order chi connectivity index (χ1) is 8.06. The Morgan fingerprint density at radius 3 is 2.53 bits per heavy atom. The van der Waals surface area contributed by atoms with Crippen molar-refractivity contribution in [1.29, 1.82) is 0 Å². The smallest absolute Gasteiger partial charge is 0.0502 e. The predicted octanol–water partition coefficient (Wildman–Crippen LogP) is 2.58. The average Bonchev–Trinajstić information content (AvgIpc) is 2.33. The van der Waals surface area contributed by atoms with E-state index in [1.165, 1.54) is 16.7 Å². The molecule has 2 nitrogen and oxygen atoms in total. The summed E-state index contributed by atoms with van der Waals surface area (Å²) in [6, 6.07) is 6.49. The Labute approximate surface area is 105 Å². The van der Waals surface area contributed by atoms with Crippen LogP contribution < -0.4 is 5.73 Å². The van der Waals surface area contributed by atoms with E-state index in [2.05, 4.69) is 39.0 Å². The molecule has 0 saturated carbocycles. The summed E-state index contributed by atoms with van der Waals surface area (Å²) in [5, 5.41) is 9.65. The number of benzene rings is 1. The highest BCUT2D eigenvalue weighted by Gasteiger charge is 2.27. The van der Waals surface area contributed by atoms with Crippen molar-refractivity contribution < 1.29 is 5.11 Å². The zero-order chi connectivity index (χ0) is 12.9. The minimum absolute atomic E-state index is 0.146. The van der Waals surface area contributed by atoms with Gasteiger partial charge in [-0.25, -0.2) is 0 Å². The van der Waals surface area contributed by atoms with Gasteiger partial charge in [0.05, 0.1) is 6.61 Å². The van der Waals surface area contributed by atoms with Gasteiger partial charge in [-0.3, -0.25) is 0 Å². The zero-order valence-corrected chi connectivity index (χ0v) is 11.3. The SMILES string of the molecule is CCCC(CN)(CO)Cc1cc(C)ccc1C. The number of aliphatic hydroxyl groups is 1. The quantitative estimate of drug-likeness (QED) is 0.796. The zero-order valence-electron chi connectivity index (χ0n) is 11.3. The molecule has 1 aromatic rings. The summed E-state index contributed by atoms with van der Waals surface area (Å²) >= 11 is 0. The van der Waals surface area contributed by atoms with Gasteiger partial charge in [0.25, 0.3) is 0 Å². The van der Waals surface area contributed by atoms with Gasteiger partial charge in [-0.05, 0) is 37.8 Å². The third kappa shape index (κ3) is 3.55. The normalized spacial score (nSPS) is 14.6. The van der Waals surface area contributed by atoms with E-state index in [1.54, 1.807) is 0 Å². The molecule has 96 valence electrons. The fourth-order valence-electron chi connectivity index (χ4n) is 2.39. The number of hydrogen-bond donors (Lipinski definition) is 2. The van der Waals surface area contributed by atoms with Crippen LogP contribution in [0.15, 0.2) is 18.2 Å². The van der Waals surface area contributed by atoms with E-state index in [9.17, 15) is 5.11 Å².